The van der Waals surface area contributed by atoms with E-state index < -0.39 is 17.6 Å². The summed E-state index contributed by atoms with van der Waals surface area (Å²) in [5.74, 6) is -1.33. The van der Waals surface area contributed by atoms with Crippen molar-refractivity contribution in [3.05, 3.63) is 71.7 Å². The first kappa shape index (κ1) is 16.3. The van der Waals surface area contributed by atoms with Gasteiger partial charge in [-0.05, 0) is 29.8 Å². The molecule has 0 bridgehead atoms. The van der Waals surface area contributed by atoms with Gasteiger partial charge in [-0.1, -0.05) is 12.1 Å². The molecule has 0 radical (unpaired) electrons. The summed E-state index contributed by atoms with van der Waals surface area (Å²) in [6.07, 6.45) is 1.71. The smallest absolute Gasteiger partial charge is 0.226 e. The monoisotopic (exact) mass is 355 g/mol. The van der Waals surface area contributed by atoms with E-state index in [0.29, 0.717) is 22.8 Å². The normalized spacial score (nSPS) is 16.1. The lowest BCUT2D eigenvalue weighted by Crippen LogP contribution is -2.25. The van der Waals surface area contributed by atoms with Crippen LogP contribution in [0.5, 0.6) is 5.75 Å². The lowest BCUT2D eigenvalue weighted by Gasteiger charge is -2.23. The quantitative estimate of drug-likeness (QED) is 0.781. The molecule has 1 aliphatic heterocycles. The molecule has 132 valence electrons. The zero-order chi connectivity index (χ0) is 18.3. The number of rotatable bonds is 3. The van der Waals surface area contributed by atoms with E-state index in [-0.39, 0.29) is 12.3 Å². The number of hydrogen-bond donors (Lipinski definition) is 1. The summed E-state index contributed by atoms with van der Waals surface area (Å²) in [4.78, 5) is 16.6. The maximum atomic E-state index is 13.6. The third-order valence-electron chi connectivity index (χ3n) is 4.45. The van der Waals surface area contributed by atoms with Gasteiger partial charge in [0.1, 0.15) is 17.9 Å². The van der Waals surface area contributed by atoms with E-state index in [1.165, 1.54) is 6.07 Å². The molecule has 1 atom stereocenters. The highest BCUT2D eigenvalue weighted by molar-refractivity contribution is 5.94. The minimum absolute atomic E-state index is 0.118. The van der Waals surface area contributed by atoms with Crippen LogP contribution in [0, 0.1) is 11.6 Å². The minimum Gasteiger partial charge on any atom is -0.497 e. The number of fused-ring (bicyclic) bond motifs is 1. The van der Waals surface area contributed by atoms with Gasteiger partial charge in [-0.15, -0.1) is 0 Å². The predicted octanol–water partition coefficient (Wildman–Crippen LogP) is 3.63. The zero-order valence-electron chi connectivity index (χ0n) is 13.9. The third-order valence-corrected chi connectivity index (χ3v) is 4.45. The van der Waals surface area contributed by atoms with Crippen molar-refractivity contribution in [2.45, 2.75) is 12.3 Å². The van der Waals surface area contributed by atoms with E-state index in [2.05, 4.69) is 10.3 Å². The number of ether oxygens (including phenoxy) is 1. The molecule has 1 aromatic heterocycles. The second-order valence-electron chi connectivity index (χ2n) is 6.03. The molecule has 1 amide bonds. The fourth-order valence-electron chi connectivity index (χ4n) is 3.17. The van der Waals surface area contributed by atoms with Crippen molar-refractivity contribution in [1.82, 2.24) is 9.55 Å². The summed E-state index contributed by atoms with van der Waals surface area (Å²) in [5.41, 5.74) is 1.89. The third kappa shape index (κ3) is 2.71. The van der Waals surface area contributed by atoms with Crippen molar-refractivity contribution in [1.29, 1.82) is 0 Å². The van der Waals surface area contributed by atoms with E-state index in [1.54, 1.807) is 18.0 Å². The van der Waals surface area contributed by atoms with E-state index in [0.717, 1.165) is 17.8 Å². The highest BCUT2D eigenvalue weighted by Gasteiger charge is 2.31. The maximum Gasteiger partial charge on any atom is 0.226 e. The van der Waals surface area contributed by atoms with Crippen LogP contribution in [0.2, 0.25) is 0 Å². The van der Waals surface area contributed by atoms with E-state index in [1.807, 2.05) is 24.3 Å². The lowest BCUT2D eigenvalue weighted by atomic mass is 9.89. The van der Waals surface area contributed by atoms with Gasteiger partial charge >= 0.3 is 0 Å². The van der Waals surface area contributed by atoms with Crippen LogP contribution in [-0.4, -0.2) is 22.6 Å². The molecule has 26 heavy (non-hydrogen) atoms. The molecule has 0 spiro atoms. The number of halogens is 2. The van der Waals surface area contributed by atoms with Gasteiger partial charge in [-0.25, -0.2) is 13.8 Å². The van der Waals surface area contributed by atoms with Crippen LogP contribution in [0.25, 0.3) is 5.69 Å². The molecule has 7 heteroatoms. The van der Waals surface area contributed by atoms with Gasteiger partial charge in [0, 0.05) is 18.4 Å². The molecule has 0 fully saturated rings. The van der Waals surface area contributed by atoms with Gasteiger partial charge in [0.15, 0.2) is 11.6 Å². The molecule has 0 aliphatic carbocycles. The van der Waals surface area contributed by atoms with Crippen molar-refractivity contribution < 1.29 is 18.3 Å². The van der Waals surface area contributed by atoms with Crippen LogP contribution in [0.15, 0.2) is 48.8 Å². The van der Waals surface area contributed by atoms with Crippen LogP contribution in [-0.2, 0) is 4.79 Å². The molecular weight excluding hydrogens is 340 g/mol. The molecular formula is C19H15F2N3O2. The van der Waals surface area contributed by atoms with Crippen molar-refractivity contribution in [3.8, 4) is 11.4 Å². The topological polar surface area (TPSA) is 56.1 Å². The van der Waals surface area contributed by atoms with Crippen molar-refractivity contribution in [3.63, 3.8) is 0 Å². The Morgan fingerprint density at radius 3 is 2.81 bits per heavy atom. The van der Waals surface area contributed by atoms with Crippen LogP contribution in [0.1, 0.15) is 23.6 Å². The Labute approximate surface area is 148 Å². The first-order valence-electron chi connectivity index (χ1n) is 8.03. The number of imidazole rings is 1. The number of amides is 1. The second-order valence-corrected chi connectivity index (χ2v) is 6.03. The molecule has 2 heterocycles. The van der Waals surface area contributed by atoms with Crippen LogP contribution < -0.4 is 10.1 Å². The van der Waals surface area contributed by atoms with Crippen LogP contribution in [0.3, 0.4) is 0 Å². The van der Waals surface area contributed by atoms with Crippen molar-refractivity contribution in [2.75, 3.05) is 12.4 Å². The number of carbonyl (C=O) groups is 1. The summed E-state index contributed by atoms with van der Waals surface area (Å²) in [6, 6.07) is 11.0. The number of carbonyl (C=O) groups excluding carboxylic acids is 1. The largest absolute Gasteiger partial charge is 0.497 e. The van der Waals surface area contributed by atoms with Gasteiger partial charge < -0.3 is 10.1 Å². The van der Waals surface area contributed by atoms with Gasteiger partial charge in [0.05, 0.1) is 18.5 Å². The molecule has 0 saturated heterocycles. The average Bonchev–Trinajstić information content (AvgIpc) is 3.07. The Balaban J connectivity index is 1.81. The summed E-state index contributed by atoms with van der Waals surface area (Å²) in [6.45, 7) is 0. The molecule has 1 aliphatic rings. The molecule has 2 aromatic carbocycles. The standard InChI is InChI=1S/C19H15F2N3O2/c1-26-13-4-2-3-12(8-13)24-10-22-18-14(9-17(25)23-19(18)24)11-5-6-15(20)16(21)7-11/h2-8,10,14H,9H2,1H3,(H,23,25)/t14-/m0/s1. The molecule has 5 nitrogen and oxygen atoms in total. The Hall–Kier alpha value is -3.22. The number of hydrogen-bond acceptors (Lipinski definition) is 3. The Kier molecular flexibility index (Phi) is 3.91. The molecule has 0 unspecified atom stereocenters. The van der Waals surface area contributed by atoms with E-state index in [9.17, 15) is 13.6 Å². The van der Waals surface area contributed by atoms with Crippen LogP contribution >= 0.6 is 0 Å². The Morgan fingerprint density at radius 1 is 1.19 bits per heavy atom. The number of nitrogens with one attached hydrogen (secondary N) is 1. The minimum atomic E-state index is -0.942. The SMILES string of the molecule is COc1cccc(-n2cnc3c2NC(=O)C[C@H]3c2ccc(F)c(F)c2)c1. The van der Waals surface area contributed by atoms with E-state index >= 15 is 0 Å². The van der Waals surface area contributed by atoms with Crippen molar-refractivity contribution in [2.24, 2.45) is 0 Å². The number of methoxy groups -OCH3 is 1. The lowest BCUT2D eigenvalue weighted by molar-refractivity contribution is -0.116. The van der Waals surface area contributed by atoms with Gasteiger partial charge in [0.25, 0.3) is 0 Å². The first-order valence-corrected chi connectivity index (χ1v) is 8.03. The maximum absolute atomic E-state index is 13.6. The second kappa shape index (κ2) is 6.25. The molecule has 1 N–H and O–H groups in total. The highest BCUT2D eigenvalue weighted by Crippen LogP contribution is 2.37. The predicted molar refractivity (Wildman–Crippen MR) is 91.6 cm³/mol. The Morgan fingerprint density at radius 2 is 2.04 bits per heavy atom. The summed E-state index contributed by atoms with van der Waals surface area (Å²) < 4.78 is 33.9. The summed E-state index contributed by atoms with van der Waals surface area (Å²) in [7, 11) is 1.57. The summed E-state index contributed by atoms with van der Waals surface area (Å²) in [5, 5.41) is 2.82. The zero-order valence-corrected chi connectivity index (χ0v) is 13.9. The van der Waals surface area contributed by atoms with Gasteiger partial charge in [0.2, 0.25) is 5.91 Å². The Bertz CT molecular complexity index is 1000. The fourth-order valence-corrected chi connectivity index (χ4v) is 3.17. The van der Waals surface area contributed by atoms with Crippen molar-refractivity contribution >= 4 is 11.7 Å². The number of anilines is 1. The summed E-state index contributed by atoms with van der Waals surface area (Å²) >= 11 is 0. The number of nitrogens with zero attached hydrogens (tertiary/aromatic N) is 2. The fraction of sp³-hybridized carbons (Fsp3) is 0.158. The van der Waals surface area contributed by atoms with Gasteiger partial charge in [-0.2, -0.15) is 0 Å². The number of benzene rings is 2. The molecule has 4 rings (SSSR count). The molecule has 3 aromatic rings. The average molecular weight is 355 g/mol. The van der Waals surface area contributed by atoms with E-state index in [4.69, 9.17) is 4.74 Å². The molecule has 0 saturated carbocycles. The van der Waals surface area contributed by atoms with Crippen LogP contribution in [0.4, 0.5) is 14.6 Å². The highest BCUT2D eigenvalue weighted by atomic mass is 19.2. The first-order chi connectivity index (χ1) is 12.6. The van der Waals surface area contributed by atoms with Gasteiger partial charge in [-0.3, -0.25) is 9.36 Å². The number of aromatic nitrogens is 2.